The molecular formula is C16H14O5S2. The Balaban J connectivity index is 2.26. The Morgan fingerprint density at radius 2 is 1.83 bits per heavy atom. The average Bonchev–Trinajstić information content (AvgIpc) is 2.51. The predicted octanol–water partition coefficient (Wildman–Crippen LogP) is 3.42. The monoisotopic (exact) mass is 350 g/mol. The first kappa shape index (κ1) is 15.9. The quantitative estimate of drug-likeness (QED) is 0.576. The summed E-state index contributed by atoms with van der Waals surface area (Å²) in [5.41, 5.74) is -1.61. The van der Waals surface area contributed by atoms with Gasteiger partial charge in [0.1, 0.15) is 5.75 Å². The van der Waals surface area contributed by atoms with Crippen LogP contribution in [-0.4, -0.2) is 18.4 Å². The Morgan fingerprint density at radius 1 is 1.13 bits per heavy atom. The lowest BCUT2D eigenvalue weighted by Crippen LogP contribution is -2.26. The third kappa shape index (κ3) is 2.95. The van der Waals surface area contributed by atoms with Crippen LogP contribution in [0.5, 0.6) is 5.75 Å². The zero-order valence-electron chi connectivity index (χ0n) is 12.2. The topological polar surface area (TPSA) is 80.7 Å². The second-order valence-corrected chi connectivity index (χ2v) is 7.67. The van der Waals surface area contributed by atoms with Crippen LogP contribution in [0.15, 0.2) is 47.3 Å². The number of benzene rings is 2. The highest BCUT2D eigenvalue weighted by molar-refractivity contribution is 7.86. The van der Waals surface area contributed by atoms with Gasteiger partial charge in [-0.1, -0.05) is 25.1 Å². The molecule has 0 saturated carbocycles. The van der Waals surface area contributed by atoms with Crippen LogP contribution in [0.4, 0.5) is 0 Å². The predicted molar refractivity (Wildman–Crippen MR) is 91.9 cm³/mol. The molecule has 0 aliphatic heterocycles. The number of hydrogen-bond donors (Lipinski definition) is 1. The van der Waals surface area contributed by atoms with Gasteiger partial charge in [-0.15, -0.1) is 11.3 Å². The molecule has 1 heterocycles. The largest absolute Gasteiger partial charge is 0.471 e. The van der Waals surface area contributed by atoms with Crippen molar-refractivity contribution < 1.29 is 17.7 Å². The Kier molecular flexibility index (Phi) is 4.09. The van der Waals surface area contributed by atoms with Crippen LogP contribution in [0.3, 0.4) is 0 Å². The average molecular weight is 350 g/mol. The standard InChI is InChI=1S/C16H14O5S2/c1-2-14(23(18,19)20)21-11-7-5-9-13-15(11)16(17)10-6-3-4-8-12(10)22-13/h3-9,14H,2H2,1H3,(H,18,19,20). The van der Waals surface area contributed by atoms with Crippen molar-refractivity contribution in [2.45, 2.75) is 18.8 Å². The maximum absolute atomic E-state index is 12.7. The van der Waals surface area contributed by atoms with Gasteiger partial charge in [-0.05, 0) is 30.7 Å². The van der Waals surface area contributed by atoms with Crippen molar-refractivity contribution >= 4 is 41.6 Å². The number of ether oxygens (including phenoxy) is 1. The van der Waals surface area contributed by atoms with E-state index in [0.29, 0.717) is 15.5 Å². The lowest BCUT2D eigenvalue weighted by molar-refractivity contribution is 0.255. The van der Waals surface area contributed by atoms with Gasteiger partial charge in [-0.2, -0.15) is 8.42 Å². The minimum absolute atomic E-state index is 0.0699. The molecule has 1 N–H and O–H groups in total. The minimum Gasteiger partial charge on any atom is -0.471 e. The fourth-order valence-electron chi connectivity index (χ4n) is 2.41. The molecule has 3 aromatic rings. The molecule has 0 bridgehead atoms. The van der Waals surface area contributed by atoms with Crippen molar-refractivity contribution in [1.29, 1.82) is 0 Å². The molecular weight excluding hydrogens is 336 g/mol. The normalized spacial score (nSPS) is 13.3. The fraction of sp³-hybridized carbons (Fsp3) is 0.188. The Bertz CT molecular complexity index is 1040. The highest BCUT2D eigenvalue weighted by Gasteiger charge is 2.24. The second kappa shape index (κ2) is 5.92. The smallest absolute Gasteiger partial charge is 0.303 e. The van der Waals surface area contributed by atoms with Crippen LogP contribution in [0.2, 0.25) is 0 Å². The number of hydrogen-bond acceptors (Lipinski definition) is 5. The third-order valence-electron chi connectivity index (χ3n) is 3.49. The first-order valence-electron chi connectivity index (χ1n) is 6.99. The molecule has 3 rings (SSSR count). The van der Waals surface area contributed by atoms with Crippen molar-refractivity contribution in [3.8, 4) is 5.75 Å². The van der Waals surface area contributed by atoms with E-state index >= 15 is 0 Å². The van der Waals surface area contributed by atoms with Gasteiger partial charge in [0.15, 0.2) is 5.43 Å². The molecule has 0 spiro atoms. The van der Waals surface area contributed by atoms with Crippen LogP contribution in [0, 0.1) is 0 Å². The molecule has 1 atom stereocenters. The molecule has 0 aliphatic carbocycles. The Labute approximate surface area is 136 Å². The van der Waals surface area contributed by atoms with E-state index in [9.17, 15) is 17.8 Å². The summed E-state index contributed by atoms with van der Waals surface area (Å²) in [4.78, 5) is 12.7. The molecule has 7 heteroatoms. The number of fused-ring (bicyclic) bond motifs is 2. The van der Waals surface area contributed by atoms with Crippen LogP contribution in [-0.2, 0) is 10.1 Å². The van der Waals surface area contributed by atoms with E-state index in [0.717, 1.165) is 4.70 Å². The zero-order chi connectivity index (χ0) is 16.6. The highest BCUT2D eigenvalue weighted by atomic mass is 32.2. The maximum atomic E-state index is 12.7. The van der Waals surface area contributed by atoms with Crippen molar-refractivity contribution in [2.75, 3.05) is 0 Å². The van der Waals surface area contributed by atoms with E-state index in [2.05, 4.69) is 0 Å². The van der Waals surface area contributed by atoms with Crippen LogP contribution >= 0.6 is 11.3 Å². The summed E-state index contributed by atoms with van der Waals surface area (Å²) in [5, 5.41) is 0.888. The van der Waals surface area contributed by atoms with Crippen molar-refractivity contribution in [1.82, 2.24) is 0 Å². The fourth-order valence-corrected chi connectivity index (χ4v) is 4.15. The molecule has 0 fully saturated rings. The van der Waals surface area contributed by atoms with E-state index < -0.39 is 15.6 Å². The molecule has 0 aliphatic rings. The van der Waals surface area contributed by atoms with Gasteiger partial charge in [0.05, 0.1) is 5.39 Å². The molecule has 0 radical (unpaired) electrons. The maximum Gasteiger partial charge on any atom is 0.303 e. The molecule has 120 valence electrons. The van der Waals surface area contributed by atoms with Gasteiger partial charge in [0.25, 0.3) is 0 Å². The van der Waals surface area contributed by atoms with E-state index in [4.69, 9.17) is 4.74 Å². The van der Waals surface area contributed by atoms with E-state index in [1.165, 1.54) is 11.3 Å². The van der Waals surface area contributed by atoms with Gasteiger partial charge in [-0.3, -0.25) is 9.35 Å². The molecule has 2 aromatic carbocycles. The molecule has 0 saturated heterocycles. The Morgan fingerprint density at radius 3 is 2.52 bits per heavy atom. The first-order chi connectivity index (χ1) is 10.9. The van der Waals surface area contributed by atoms with Gasteiger partial charge >= 0.3 is 10.1 Å². The second-order valence-electron chi connectivity index (χ2n) is 5.03. The summed E-state index contributed by atoms with van der Waals surface area (Å²) in [7, 11) is -4.36. The van der Waals surface area contributed by atoms with Gasteiger partial charge in [-0.25, -0.2) is 0 Å². The molecule has 1 aromatic heterocycles. The first-order valence-corrected chi connectivity index (χ1v) is 9.31. The number of rotatable bonds is 4. The SMILES string of the molecule is CCC(Oc1cccc2sc3ccccc3c(=O)c12)S(=O)(=O)O. The van der Waals surface area contributed by atoms with E-state index in [1.54, 1.807) is 37.3 Å². The third-order valence-corrected chi connectivity index (χ3v) is 5.72. The lowest BCUT2D eigenvalue weighted by Gasteiger charge is -2.15. The summed E-state index contributed by atoms with van der Waals surface area (Å²) in [6.45, 7) is 1.58. The zero-order valence-corrected chi connectivity index (χ0v) is 13.9. The Hall–Kier alpha value is -1.96. The summed E-state index contributed by atoms with van der Waals surface area (Å²) in [6.07, 6.45) is 0.0699. The molecule has 5 nitrogen and oxygen atoms in total. The van der Waals surface area contributed by atoms with Crippen molar-refractivity contribution in [2.24, 2.45) is 0 Å². The molecule has 23 heavy (non-hydrogen) atoms. The summed E-state index contributed by atoms with van der Waals surface area (Å²) in [5.74, 6) is 0.166. The summed E-state index contributed by atoms with van der Waals surface area (Å²) < 4.78 is 38.9. The lowest BCUT2D eigenvalue weighted by atomic mass is 10.1. The van der Waals surface area contributed by atoms with Gasteiger partial charge in [0.2, 0.25) is 5.44 Å². The van der Waals surface area contributed by atoms with Crippen molar-refractivity contribution in [3.05, 3.63) is 52.7 Å². The van der Waals surface area contributed by atoms with Gasteiger partial charge in [0, 0.05) is 14.8 Å². The van der Waals surface area contributed by atoms with E-state index in [1.807, 2.05) is 12.1 Å². The summed E-state index contributed by atoms with van der Waals surface area (Å²) >= 11 is 1.43. The van der Waals surface area contributed by atoms with Crippen molar-refractivity contribution in [3.63, 3.8) is 0 Å². The molecule has 1 unspecified atom stereocenters. The molecule has 0 amide bonds. The van der Waals surface area contributed by atoms with Gasteiger partial charge < -0.3 is 4.74 Å². The summed E-state index contributed by atoms with van der Waals surface area (Å²) in [6, 6.07) is 12.2. The highest BCUT2D eigenvalue weighted by Crippen LogP contribution is 2.31. The van der Waals surface area contributed by atoms with Crippen LogP contribution in [0.25, 0.3) is 20.2 Å². The van der Waals surface area contributed by atoms with Crippen LogP contribution in [0.1, 0.15) is 13.3 Å². The minimum atomic E-state index is -4.36. The van der Waals surface area contributed by atoms with Crippen LogP contribution < -0.4 is 10.2 Å². The van der Waals surface area contributed by atoms with E-state index in [-0.39, 0.29) is 17.6 Å².